The van der Waals surface area contributed by atoms with Crippen molar-refractivity contribution >= 4 is 28.2 Å². The molecule has 0 atom stereocenters. The van der Waals surface area contributed by atoms with Gasteiger partial charge in [0.05, 0.1) is 12.1 Å². The van der Waals surface area contributed by atoms with Gasteiger partial charge in [-0.2, -0.15) is 0 Å². The fourth-order valence-corrected chi connectivity index (χ4v) is 4.23. The Balaban J connectivity index is 1.63. The zero-order chi connectivity index (χ0) is 22.7. The van der Waals surface area contributed by atoms with Gasteiger partial charge in [-0.25, -0.2) is 0 Å². The highest BCUT2D eigenvalue weighted by Crippen LogP contribution is 2.33. The maximum absolute atomic E-state index is 12.9. The van der Waals surface area contributed by atoms with Crippen LogP contribution >= 0.6 is 12.2 Å². The molecule has 0 saturated carbocycles. The molecule has 2 N–H and O–H groups in total. The Kier molecular flexibility index (Phi) is 6.65. The molecule has 0 radical (unpaired) electrons. The Morgan fingerprint density at radius 2 is 1.94 bits per heavy atom. The van der Waals surface area contributed by atoms with E-state index in [1.165, 1.54) is 5.56 Å². The molecule has 32 heavy (non-hydrogen) atoms. The molecule has 168 valence electrons. The normalized spacial score (nSPS) is 12.2. The van der Waals surface area contributed by atoms with Crippen LogP contribution in [0.5, 0.6) is 11.5 Å². The monoisotopic (exact) mass is 451 g/mol. The number of pyridine rings is 1. The number of hydrogen-bond donors (Lipinski definition) is 2. The van der Waals surface area contributed by atoms with Gasteiger partial charge in [-0.3, -0.25) is 4.79 Å². The fourth-order valence-electron chi connectivity index (χ4n) is 4.00. The molecule has 0 spiro atoms. The number of nitrogens with one attached hydrogen (secondary N) is 2. The summed E-state index contributed by atoms with van der Waals surface area (Å²) < 4.78 is 10.9. The number of aryl methyl sites for hydroxylation is 2. The topological polar surface area (TPSA) is 66.6 Å². The van der Waals surface area contributed by atoms with Crippen molar-refractivity contribution in [2.45, 2.75) is 46.7 Å². The SMILES string of the molecule is CCCCNC(=S)N(Cc1ccc2c(c1)OCO2)Cc1cc2cc(C)cc(C)c2[nH]c1=O. The minimum atomic E-state index is -0.0866. The number of benzene rings is 2. The van der Waals surface area contributed by atoms with Crippen LogP contribution in [0.3, 0.4) is 0 Å². The highest BCUT2D eigenvalue weighted by molar-refractivity contribution is 7.80. The van der Waals surface area contributed by atoms with Crippen LogP contribution in [0.15, 0.2) is 41.2 Å². The number of H-pyrrole nitrogens is 1. The standard InChI is InChI=1S/C25H29N3O3S/c1-4-5-8-26-25(32)28(13-18-6-7-21-22(11-18)31-15-30-21)14-20-12-19-10-16(2)9-17(3)23(19)27-24(20)29/h6-7,9-12H,4-5,8,13-15H2,1-3H3,(H,26,32)(H,27,29). The van der Waals surface area contributed by atoms with Gasteiger partial charge < -0.3 is 24.7 Å². The Labute approximate surface area is 193 Å². The van der Waals surface area contributed by atoms with E-state index >= 15 is 0 Å². The minimum absolute atomic E-state index is 0.0866. The molecule has 1 aliphatic rings. The van der Waals surface area contributed by atoms with Crippen molar-refractivity contribution in [3.8, 4) is 11.5 Å². The summed E-state index contributed by atoms with van der Waals surface area (Å²) in [6.45, 7) is 8.24. The molecule has 6 nitrogen and oxygen atoms in total. The van der Waals surface area contributed by atoms with Crippen LogP contribution < -0.4 is 20.3 Å². The number of unbranched alkanes of at least 4 members (excludes halogenated alkanes) is 1. The van der Waals surface area contributed by atoms with Crippen molar-refractivity contribution < 1.29 is 9.47 Å². The smallest absolute Gasteiger partial charge is 0.253 e. The maximum Gasteiger partial charge on any atom is 0.253 e. The molecule has 0 unspecified atom stereocenters. The molecule has 4 rings (SSSR count). The van der Waals surface area contributed by atoms with Crippen LogP contribution in [0.1, 0.15) is 42.0 Å². The summed E-state index contributed by atoms with van der Waals surface area (Å²) in [6.07, 6.45) is 2.12. The molecule has 1 aromatic heterocycles. The summed E-state index contributed by atoms with van der Waals surface area (Å²) in [5, 5.41) is 5.01. The van der Waals surface area contributed by atoms with Gasteiger partial charge >= 0.3 is 0 Å². The third-order valence-corrected chi connectivity index (χ3v) is 6.04. The third-order valence-electron chi connectivity index (χ3n) is 5.64. The van der Waals surface area contributed by atoms with E-state index in [-0.39, 0.29) is 12.4 Å². The van der Waals surface area contributed by atoms with Crippen LogP contribution in [-0.4, -0.2) is 28.3 Å². The number of ether oxygens (including phenoxy) is 2. The van der Waals surface area contributed by atoms with E-state index in [4.69, 9.17) is 21.7 Å². The molecule has 0 bridgehead atoms. The van der Waals surface area contributed by atoms with E-state index in [1.54, 1.807) is 0 Å². The largest absolute Gasteiger partial charge is 0.454 e. The lowest BCUT2D eigenvalue weighted by molar-refractivity contribution is 0.174. The number of aromatic amines is 1. The van der Waals surface area contributed by atoms with Gasteiger partial charge in [-0.1, -0.05) is 31.0 Å². The molecule has 0 fully saturated rings. The van der Waals surface area contributed by atoms with E-state index in [0.29, 0.717) is 23.8 Å². The molecule has 1 aliphatic heterocycles. The summed E-state index contributed by atoms with van der Waals surface area (Å²) in [5.41, 5.74) is 4.76. The molecule has 0 saturated heterocycles. The van der Waals surface area contributed by atoms with Crippen LogP contribution in [0.2, 0.25) is 0 Å². The summed E-state index contributed by atoms with van der Waals surface area (Å²) in [7, 11) is 0. The molecule has 2 aromatic carbocycles. The van der Waals surface area contributed by atoms with E-state index in [2.05, 4.69) is 36.3 Å². The van der Waals surface area contributed by atoms with Crippen molar-refractivity contribution in [3.05, 3.63) is 69.0 Å². The van der Waals surface area contributed by atoms with Crippen LogP contribution in [0.25, 0.3) is 10.9 Å². The lowest BCUT2D eigenvalue weighted by atomic mass is 10.0. The first-order valence-electron chi connectivity index (χ1n) is 11.0. The Morgan fingerprint density at radius 3 is 2.75 bits per heavy atom. The Morgan fingerprint density at radius 1 is 1.12 bits per heavy atom. The average Bonchev–Trinajstić information content (AvgIpc) is 3.22. The number of nitrogens with zero attached hydrogens (tertiary/aromatic N) is 1. The predicted molar refractivity (Wildman–Crippen MR) is 131 cm³/mol. The van der Waals surface area contributed by atoms with Gasteiger partial charge in [-0.05, 0) is 73.3 Å². The Bertz CT molecular complexity index is 1200. The van der Waals surface area contributed by atoms with Crippen molar-refractivity contribution in [3.63, 3.8) is 0 Å². The van der Waals surface area contributed by atoms with E-state index in [9.17, 15) is 4.79 Å². The average molecular weight is 452 g/mol. The first-order valence-corrected chi connectivity index (χ1v) is 11.4. The second-order valence-corrected chi connectivity index (χ2v) is 8.69. The molecule has 2 heterocycles. The van der Waals surface area contributed by atoms with E-state index < -0.39 is 0 Å². The van der Waals surface area contributed by atoms with Crippen LogP contribution in [0.4, 0.5) is 0 Å². The van der Waals surface area contributed by atoms with Gasteiger partial charge in [0.25, 0.3) is 5.56 Å². The highest BCUT2D eigenvalue weighted by Gasteiger charge is 2.18. The molecule has 0 amide bonds. The first kappa shape index (κ1) is 22.1. The summed E-state index contributed by atoms with van der Waals surface area (Å²) in [5.74, 6) is 1.49. The summed E-state index contributed by atoms with van der Waals surface area (Å²) >= 11 is 5.71. The third kappa shape index (κ3) is 4.88. The zero-order valence-electron chi connectivity index (χ0n) is 18.8. The van der Waals surface area contributed by atoms with Crippen LogP contribution in [-0.2, 0) is 13.1 Å². The molecular weight excluding hydrogens is 422 g/mol. The van der Waals surface area contributed by atoms with E-state index in [0.717, 1.165) is 52.9 Å². The summed E-state index contributed by atoms with van der Waals surface area (Å²) in [6, 6.07) is 12.1. The minimum Gasteiger partial charge on any atom is -0.454 e. The number of fused-ring (bicyclic) bond motifs is 2. The highest BCUT2D eigenvalue weighted by atomic mass is 32.1. The number of thiocarbonyl (C=S) groups is 1. The van der Waals surface area contributed by atoms with Crippen molar-refractivity contribution in [1.82, 2.24) is 15.2 Å². The molecule has 7 heteroatoms. The molecule has 3 aromatic rings. The quantitative estimate of drug-likeness (QED) is 0.406. The fraction of sp³-hybridized carbons (Fsp3) is 0.360. The number of aromatic nitrogens is 1. The summed E-state index contributed by atoms with van der Waals surface area (Å²) in [4.78, 5) is 18.0. The maximum atomic E-state index is 12.9. The van der Waals surface area contributed by atoms with Gasteiger partial charge in [0, 0.05) is 18.7 Å². The van der Waals surface area contributed by atoms with Gasteiger partial charge in [-0.15, -0.1) is 0 Å². The Hall–Kier alpha value is -3.06. The first-order chi connectivity index (χ1) is 15.4. The number of hydrogen-bond acceptors (Lipinski definition) is 4. The van der Waals surface area contributed by atoms with Gasteiger partial charge in [0.15, 0.2) is 16.6 Å². The zero-order valence-corrected chi connectivity index (χ0v) is 19.6. The van der Waals surface area contributed by atoms with Crippen molar-refractivity contribution in [2.75, 3.05) is 13.3 Å². The van der Waals surface area contributed by atoms with Gasteiger partial charge in [0.1, 0.15) is 0 Å². The van der Waals surface area contributed by atoms with E-state index in [1.807, 2.05) is 36.1 Å². The predicted octanol–water partition coefficient (Wildman–Crippen LogP) is 4.55. The van der Waals surface area contributed by atoms with Crippen LogP contribution in [0, 0.1) is 13.8 Å². The number of rotatable bonds is 7. The second kappa shape index (κ2) is 9.61. The van der Waals surface area contributed by atoms with Gasteiger partial charge in [0.2, 0.25) is 6.79 Å². The molecule has 0 aliphatic carbocycles. The lowest BCUT2D eigenvalue weighted by Gasteiger charge is -2.26. The van der Waals surface area contributed by atoms with Crippen molar-refractivity contribution in [1.29, 1.82) is 0 Å². The molecular formula is C25H29N3O3S. The lowest BCUT2D eigenvalue weighted by Crippen LogP contribution is -2.40. The second-order valence-electron chi connectivity index (χ2n) is 8.30. The van der Waals surface area contributed by atoms with Crippen molar-refractivity contribution in [2.24, 2.45) is 0 Å².